The van der Waals surface area contributed by atoms with E-state index >= 15 is 0 Å². The van der Waals surface area contributed by atoms with Gasteiger partial charge < -0.3 is 0 Å². The van der Waals surface area contributed by atoms with Crippen LogP contribution in [0.1, 0.15) is 17.5 Å². The average molecular weight is 214 g/mol. The highest BCUT2D eigenvalue weighted by atomic mass is 14.7. The molecular formula is C17H10. The summed E-state index contributed by atoms with van der Waals surface area (Å²) in [5, 5.41) is 2.82. The van der Waals surface area contributed by atoms with E-state index in [1.165, 1.54) is 28.3 Å². The molecule has 78 valence electrons. The van der Waals surface area contributed by atoms with Gasteiger partial charge in [-0.3, -0.25) is 0 Å². The van der Waals surface area contributed by atoms with Gasteiger partial charge in [0.1, 0.15) is 0 Å². The Balaban J connectivity index is 2.06. The molecule has 0 bridgehead atoms. The van der Waals surface area contributed by atoms with Gasteiger partial charge in [-0.1, -0.05) is 54.3 Å². The van der Waals surface area contributed by atoms with E-state index in [1.54, 1.807) is 0 Å². The number of hydrogen-bond donors (Lipinski definition) is 0. The Labute approximate surface area is 100.0 Å². The minimum Gasteiger partial charge on any atom is -0.0856 e. The molecule has 0 radical (unpaired) electrons. The summed E-state index contributed by atoms with van der Waals surface area (Å²) in [6, 6.07) is 13.3. The zero-order valence-corrected chi connectivity index (χ0v) is 9.33. The molecule has 1 saturated carbocycles. The van der Waals surface area contributed by atoms with Crippen molar-refractivity contribution >= 4 is 10.8 Å². The molecule has 0 aromatic heterocycles. The van der Waals surface area contributed by atoms with Crippen molar-refractivity contribution in [3.8, 4) is 11.8 Å². The Hall–Kier alpha value is -2.00. The van der Waals surface area contributed by atoms with Crippen LogP contribution in [-0.4, -0.2) is 0 Å². The normalized spacial score (nSPS) is 33.9. The molecule has 2 aromatic rings. The standard InChI is InChI=1S/C17H10/c1-2-10-17-11-16(17,9-1)13-7-3-5-12-6-4-8-14(17)15(12)13/h1,3-9H,11H2. The molecule has 0 nitrogen and oxygen atoms in total. The van der Waals surface area contributed by atoms with Crippen molar-refractivity contribution in [1.82, 2.24) is 0 Å². The molecule has 0 heteroatoms. The molecule has 2 atom stereocenters. The first kappa shape index (κ1) is 8.14. The van der Waals surface area contributed by atoms with E-state index in [0.717, 1.165) is 0 Å². The Morgan fingerprint density at radius 2 is 1.82 bits per heavy atom. The molecule has 0 aliphatic heterocycles. The topological polar surface area (TPSA) is 0 Å². The molecule has 2 unspecified atom stereocenters. The van der Waals surface area contributed by atoms with Crippen LogP contribution >= 0.6 is 0 Å². The Bertz CT molecular complexity index is 779. The van der Waals surface area contributed by atoms with Gasteiger partial charge in [-0.15, -0.1) is 0 Å². The number of allylic oxidation sites excluding steroid dienone is 2. The Morgan fingerprint density at radius 3 is 2.71 bits per heavy atom. The van der Waals surface area contributed by atoms with Crippen LogP contribution in [0.15, 0.2) is 48.6 Å². The van der Waals surface area contributed by atoms with Crippen molar-refractivity contribution in [3.05, 3.63) is 59.7 Å². The van der Waals surface area contributed by atoms with Crippen LogP contribution < -0.4 is 0 Å². The van der Waals surface area contributed by atoms with Crippen LogP contribution in [-0.2, 0) is 10.8 Å². The van der Waals surface area contributed by atoms with Gasteiger partial charge in [-0.25, -0.2) is 0 Å². The predicted molar refractivity (Wildman–Crippen MR) is 68.8 cm³/mol. The lowest BCUT2D eigenvalue weighted by atomic mass is 9.88. The van der Waals surface area contributed by atoms with Gasteiger partial charge in [0, 0.05) is 5.41 Å². The van der Waals surface area contributed by atoms with E-state index < -0.39 is 0 Å². The average Bonchev–Trinajstić information content (AvgIpc) is 3.02. The summed E-state index contributed by atoms with van der Waals surface area (Å²) in [7, 11) is 0. The molecule has 2 aromatic carbocycles. The van der Waals surface area contributed by atoms with Crippen LogP contribution in [0, 0.1) is 11.8 Å². The maximum atomic E-state index is 3.49. The van der Waals surface area contributed by atoms with E-state index in [9.17, 15) is 0 Å². The molecule has 0 saturated heterocycles. The Kier molecular flexibility index (Phi) is 1.04. The lowest BCUT2D eigenvalue weighted by Gasteiger charge is -2.13. The first-order valence-electron chi connectivity index (χ1n) is 6.11. The number of benzene rings is 2. The van der Waals surface area contributed by atoms with Crippen LogP contribution in [0.4, 0.5) is 0 Å². The smallest absolute Gasteiger partial charge is 0.0716 e. The van der Waals surface area contributed by atoms with Crippen LogP contribution in [0.5, 0.6) is 0 Å². The molecule has 1 fully saturated rings. The molecule has 17 heavy (non-hydrogen) atoms. The van der Waals surface area contributed by atoms with Crippen molar-refractivity contribution in [2.75, 3.05) is 0 Å². The zero-order chi connectivity index (χ0) is 11.1. The maximum absolute atomic E-state index is 3.49. The van der Waals surface area contributed by atoms with Gasteiger partial charge in [0.2, 0.25) is 0 Å². The first-order chi connectivity index (χ1) is 8.37. The zero-order valence-electron chi connectivity index (χ0n) is 9.33. The van der Waals surface area contributed by atoms with Gasteiger partial charge in [0.05, 0.1) is 5.41 Å². The second kappa shape index (κ2) is 2.17. The fourth-order valence-electron chi connectivity index (χ4n) is 3.97. The van der Waals surface area contributed by atoms with Crippen LogP contribution in [0.25, 0.3) is 10.8 Å². The summed E-state index contributed by atoms with van der Waals surface area (Å²) >= 11 is 0. The van der Waals surface area contributed by atoms with Gasteiger partial charge in [0.25, 0.3) is 0 Å². The SMILES string of the molecule is C1#CC23CC2(C=C1)c1cccc2cccc3c12. The summed E-state index contributed by atoms with van der Waals surface area (Å²) in [5.41, 5.74) is 3.28. The van der Waals surface area contributed by atoms with Gasteiger partial charge in [-0.2, -0.15) is 0 Å². The molecular weight excluding hydrogens is 204 g/mol. The summed E-state index contributed by atoms with van der Waals surface area (Å²) in [6.07, 6.45) is 5.55. The fraction of sp³-hybridized carbons (Fsp3) is 0.176. The predicted octanol–water partition coefficient (Wildman–Crippen LogP) is 3.31. The maximum Gasteiger partial charge on any atom is 0.0716 e. The minimum atomic E-state index is 0.116. The van der Waals surface area contributed by atoms with Crippen molar-refractivity contribution in [2.45, 2.75) is 17.3 Å². The minimum absolute atomic E-state index is 0.116. The molecule has 0 spiro atoms. The largest absolute Gasteiger partial charge is 0.0856 e. The van der Waals surface area contributed by atoms with E-state index in [1.807, 2.05) is 6.08 Å². The van der Waals surface area contributed by atoms with E-state index in [-0.39, 0.29) is 10.8 Å². The van der Waals surface area contributed by atoms with E-state index in [0.29, 0.717) is 0 Å². The van der Waals surface area contributed by atoms with E-state index in [4.69, 9.17) is 0 Å². The number of hydrogen-bond acceptors (Lipinski definition) is 0. The molecule has 0 N–H and O–H groups in total. The molecule has 0 amide bonds. The van der Waals surface area contributed by atoms with Gasteiger partial charge in [0.15, 0.2) is 0 Å². The summed E-state index contributed by atoms with van der Waals surface area (Å²) < 4.78 is 0. The highest BCUT2D eigenvalue weighted by Gasteiger charge is 2.71. The summed E-state index contributed by atoms with van der Waals surface area (Å²) in [6.45, 7) is 0. The highest BCUT2D eigenvalue weighted by Crippen LogP contribution is 2.73. The molecule has 3 aliphatic rings. The second-order valence-corrected chi connectivity index (χ2v) is 5.37. The van der Waals surface area contributed by atoms with Gasteiger partial charge >= 0.3 is 0 Å². The second-order valence-electron chi connectivity index (χ2n) is 5.37. The van der Waals surface area contributed by atoms with Crippen molar-refractivity contribution < 1.29 is 0 Å². The lowest BCUT2D eigenvalue weighted by molar-refractivity contribution is 0.790. The molecule has 3 aliphatic carbocycles. The third-order valence-electron chi connectivity index (χ3n) is 4.76. The van der Waals surface area contributed by atoms with Crippen molar-refractivity contribution in [2.24, 2.45) is 0 Å². The molecule has 0 heterocycles. The number of rotatable bonds is 0. The van der Waals surface area contributed by atoms with Crippen molar-refractivity contribution in [3.63, 3.8) is 0 Å². The first-order valence-corrected chi connectivity index (χ1v) is 6.11. The lowest BCUT2D eigenvalue weighted by Crippen LogP contribution is -2.14. The third-order valence-corrected chi connectivity index (χ3v) is 4.76. The Morgan fingerprint density at radius 1 is 1.00 bits per heavy atom. The van der Waals surface area contributed by atoms with Crippen molar-refractivity contribution in [1.29, 1.82) is 0 Å². The summed E-state index contributed by atoms with van der Waals surface area (Å²) in [4.78, 5) is 0. The monoisotopic (exact) mass is 214 g/mol. The van der Waals surface area contributed by atoms with Crippen LogP contribution in [0.3, 0.4) is 0 Å². The highest BCUT2D eigenvalue weighted by molar-refractivity contribution is 5.98. The quantitative estimate of drug-likeness (QED) is 0.590. The molecule has 5 rings (SSSR count). The third kappa shape index (κ3) is 0.643. The fourth-order valence-corrected chi connectivity index (χ4v) is 3.97. The van der Waals surface area contributed by atoms with Gasteiger partial charge in [-0.05, 0) is 34.4 Å². The van der Waals surface area contributed by atoms with E-state index in [2.05, 4.69) is 54.3 Å². The van der Waals surface area contributed by atoms with Crippen LogP contribution in [0.2, 0.25) is 0 Å². The summed E-state index contributed by atoms with van der Waals surface area (Å²) in [5.74, 6) is 6.67.